The Morgan fingerprint density at radius 3 is 1.38 bits per heavy atom. The maximum Gasteiger partial charge on any atom is 0.297 e. The second-order valence-electron chi connectivity index (χ2n) is 6.37. The maximum absolute atomic E-state index is 11.9. The first-order chi connectivity index (χ1) is 15.7. The van der Waals surface area contributed by atoms with Gasteiger partial charge in [0.05, 0.1) is 90.8 Å². The molecule has 0 aromatic heterocycles. The lowest BCUT2D eigenvalue weighted by Crippen LogP contribution is -2.17. The van der Waals surface area contributed by atoms with Gasteiger partial charge in [-0.1, -0.05) is 18.2 Å². The minimum atomic E-state index is -3.74. The third-order valence-electron chi connectivity index (χ3n) is 3.85. The van der Waals surface area contributed by atoms with Crippen LogP contribution in [0.5, 0.6) is 0 Å². The Balaban J connectivity index is 1.76. The van der Waals surface area contributed by atoms with Crippen LogP contribution in [0, 0.1) is 0 Å². The topological polar surface area (TPSA) is 111 Å². The van der Waals surface area contributed by atoms with Gasteiger partial charge in [-0.3, -0.25) is 4.18 Å². The molecular weight excluding hydrogens is 442 g/mol. The van der Waals surface area contributed by atoms with E-state index in [0.717, 1.165) is 6.54 Å². The molecule has 0 aliphatic heterocycles. The van der Waals surface area contributed by atoms with Gasteiger partial charge in [0.15, 0.2) is 0 Å². The highest BCUT2D eigenvalue weighted by atomic mass is 32.2. The number of ether oxygens (including phenoxy) is 6. The predicted molar refractivity (Wildman–Crippen MR) is 118 cm³/mol. The summed E-state index contributed by atoms with van der Waals surface area (Å²) in [7, 11) is -1.85. The molecule has 0 radical (unpaired) electrons. The van der Waals surface area contributed by atoms with Crippen LogP contribution in [0.25, 0.3) is 0 Å². The minimum absolute atomic E-state index is 0.0458. The summed E-state index contributed by atoms with van der Waals surface area (Å²) in [6, 6.07) is 7.99. The zero-order valence-corrected chi connectivity index (χ0v) is 19.7. The molecular formula is C21H37NO9S. The molecule has 0 saturated heterocycles. The van der Waals surface area contributed by atoms with E-state index in [-0.39, 0.29) is 18.1 Å². The van der Waals surface area contributed by atoms with Gasteiger partial charge in [0.1, 0.15) is 0 Å². The van der Waals surface area contributed by atoms with E-state index in [0.29, 0.717) is 72.7 Å². The van der Waals surface area contributed by atoms with E-state index in [1.54, 1.807) is 18.2 Å². The van der Waals surface area contributed by atoms with Crippen molar-refractivity contribution >= 4 is 10.1 Å². The summed E-state index contributed by atoms with van der Waals surface area (Å²) in [6.45, 7) is 6.45. The van der Waals surface area contributed by atoms with Crippen molar-refractivity contribution in [1.29, 1.82) is 0 Å². The Kier molecular flexibility index (Phi) is 18.5. The summed E-state index contributed by atoms with van der Waals surface area (Å²) in [6.07, 6.45) is 0. The monoisotopic (exact) mass is 479 g/mol. The number of hydrogen-bond donors (Lipinski definition) is 1. The lowest BCUT2D eigenvalue weighted by molar-refractivity contribution is -0.0175. The summed E-state index contributed by atoms with van der Waals surface area (Å²) in [4.78, 5) is 0.128. The van der Waals surface area contributed by atoms with Crippen LogP contribution in [0.3, 0.4) is 0 Å². The second kappa shape index (κ2) is 20.5. The van der Waals surface area contributed by atoms with Gasteiger partial charge < -0.3 is 33.7 Å². The van der Waals surface area contributed by atoms with Crippen LogP contribution >= 0.6 is 0 Å². The Morgan fingerprint density at radius 2 is 0.969 bits per heavy atom. The molecule has 1 rings (SSSR count). The fraction of sp³-hybridized carbons (Fsp3) is 0.714. The molecule has 186 valence electrons. The number of benzene rings is 1. The maximum atomic E-state index is 11.9. The van der Waals surface area contributed by atoms with Gasteiger partial charge in [0, 0.05) is 6.54 Å². The molecule has 32 heavy (non-hydrogen) atoms. The standard InChI is InChI=1S/C21H37NO9S/c1-22-7-8-25-9-10-26-11-12-27-13-14-28-15-16-29-17-18-30-19-20-31-32(23,24)21-5-3-2-4-6-21/h2-6,22H,7-20H2,1H3. The summed E-state index contributed by atoms with van der Waals surface area (Å²) in [5.74, 6) is 0. The molecule has 1 aromatic carbocycles. The van der Waals surface area contributed by atoms with E-state index in [1.807, 2.05) is 7.05 Å². The largest absolute Gasteiger partial charge is 0.378 e. The van der Waals surface area contributed by atoms with E-state index in [9.17, 15) is 8.42 Å². The van der Waals surface area contributed by atoms with Crippen LogP contribution in [0.1, 0.15) is 0 Å². The van der Waals surface area contributed by atoms with Gasteiger partial charge >= 0.3 is 0 Å². The number of rotatable bonds is 23. The molecule has 0 fully saturated rings. The van der Waals surface area contributed by atoms with Crippen molar-refractivity contribution in [2.45, 2.75) is 4.90 Å². The molecule has 0 bridgehead atoms. The molecule has 0 amide bonds. The molecule has 0 aliphatic carbocycles. The highest BCUT2D eigenvalue weighted by Gasteiger charge is 2.13. The van der Waals surface area contributed by atoms with E-state index in [1.165, 1.54) is 12.1 Å². The summed E-state index contributed by atoms with van der Waals surface area (Å²) >= 11 is 0. The Bertz CT molecular complexity index is 631. The molecule has 0 unspecified atom stereocenters. The smallest absolute Gasteiger partial charge is 0.297 e. The fourth-order valence-corrected chi connectivity index (χ4v) is 3.15. The van der Waals surface area contributed by atoms with Crippen LogP contribution in [0.2, 0.25) is 0 Å². The first-order valence-electron chi connectivity index (χ1n) is 10.7. The lowest BCUT2D eigenvalue weighted by atomic mass is 10.4. The van der Waals surface area contributed by atoms with E-state index >= 15 is 0 Å². The van der Waals surface area contributed by atoms with Crippen LogP contribution in [-0.2, 0) is 42.7 Å². The van der Waals surface area contributed by atoms with Crippen molar-refractivity contribution in [2.75, 3.05) is 99.5 Å². The van der Waals surface area contributed by atoms with Crippen molar-refractivity contribution in [2.24, 2.45) is 0 Å². The molecule has 0 spiro atoms. The summed E-state index contributed by atoms with van der Waals surface area (Å²) in [5, 5.41) is 3.00. The highest BCUT2D eigenvalue weighted by molar-refractivity contribution is 7.86. The van der Waals surface area contributed by atoms with Crippen molar-refractivity contribution in [3.8, 4) is 0 Å². The van der Waals surface area contributed by atoms with Crippen LogP contribution in [0.15, 0.2) is 35.2 Å². The van der Waals surface area contributed by atoms with Gasteiger partial charge in [0.2, 0.25) is 0 Å². The fourth-order valence-electron chi connectivity index (χ4n) is 2.23. The summed E-state index contributed by atoms with van der Waals surface area (Å²) < 4.78 is 60.9. The Hall–Kier alpha value is -1.15. The van der Waals surface area contributed by atoms with E-state index in [4.69, 9.17) is 32.6 Å². The lowest BCUT2D eigenvalue weighted by Gasteiger charge is -2.08. The second-order valence-corrected chi connectivity index (χ2v) is 7.98. The van der Waals surface area contributed by atoms with Crippen molar-refractivity contribution in [3.63, 3.8) is 0 Å². The number of likely N-dealkylation sites (N-methyl/N-ethyl adjacent to an activating group) is 1. The normalized spacial score (nSPS) is 11.8. The molecule has 0 heterocycles. The first kappa shape index (κ1) is 28.9. The summed E-state index contributed by atoms with van der Waals surface area (Å²) in [5.41, 5.74) is 0. The number of nitrogens with one attached hydrogen (secondary N) is 1. The van der Waals surface area contributed by atoms with E-state index < -0.39 is 10.1 Å². The average molecular weight is 480 g/mol. The molecule has 1 aromatic rings. The van der Waals surface area contributed by atoms with Crippen LogP contribution in [0.4, 0.5) is 0 Å². The Labute approximate surface area is 191 Å². The van der Waals surface area contributed by atoms with Gasteiger partial charge in [-0.05, 0) is 19.2 Å². The van der Waals surface area contributed by atoms with Gasteiger partial charge in [-0.15, -0.1) is 0 Å². The van der Waals surface area contributed by atoms with Crippen molar-refractivity contribution in [3.05, 3.63) is 30.3 Å². The molecule has 0 aliphatic rings. The molecule has 1 N–H and O–H groups in total. The molecule has 10 nitrogen and oxygen atoms in total. The van der Waals surface area contributed by atoms with Crippen LogP contribution in [-0.4, -0.2) is 108 Å². The quantitative estimate of drug-likeness (QED) is 0.178. The molecule has 0 atom stereocenters. The Morgan fingerprint density at radius 1 is 0.594 bits per heavy atom. The van der Waals surface area contributed by atoms with Crippen molar-refractivity contribution in [1.82, 2.24) is 5.32 Å². The van der Waals surface area contributed by atoms with Gasteiger partial charge in [-0.2, -0.15) is 8.42 Å². The molecule has 11 heteroatoms. The van der Waals surface area contributed by atoms with Crippen molar-refractivity contribution < 1.29 is 41.0 Å². The highest BCUT2D eigenvalue weighted by Crippen LogP contribution is 2.10. The average Bonchev–Trinajstić information content (AvgIpc) is 2.80. The van der Waals surface area contributed by atoms with E-state index in [2.05, 4.69) is 5.32 Å². The number of hydrogen-bond acceptors (Lipinski definition) is 10. The SMILES string of the molecule is CNCCOCCOCCOCCOCCOCCOCCOS(=O)(=O)c1ccccc1. The van der Waals surface area contributed by atoms with Gasteiger partial charge in [0.25, 0.3) is 10.1 Å². The zero-order valence-electron chi connectivity index (χ0n) is 18.9. The first-order valence-corrected chi connectivity index (χ1v) is 12.1. The predicted octanol–water partition coefficient (Wildman–Crippen LogP) is 0.711. The molecule has 0 saturated carbocycles. The minimum Gasteiger partial charge on any atom is -0.378 e. The van der Waals surface area contributed by atoms with Gasteiger partial charge in [-0.25, -0.2) is 0 Å². The zero-order chi connectivity index (χ0) is 23.2. The third-order valence-corrected chi connectivity index (χ3v) is 5.18. The van der Waals surface area contributed by atoms with Crippen LogP contribution < -0.4 is 5.32 Å². The third kappa shape index (κ3) is 16.5.